The molecule has 2 aliphatic carbocycles. The minimum Gasteiger partial charge on any atom is -0.465 e. The second kappa shape index (κ2) is 4.94. The van der Waals surface area contributed by atoms with Crippen molar-refractivity contribution in [1.82, 2.24) is 0 Å². The Labute approximate surface area is 120 Å². The number of ketones is 1. The lowest BCUT2D eigenvalue weighted by Crippen LogP contribution is -2.56. The summed E-state index contributed by atoms with van der Waals surface area (Å²) in [7, 11) is 0. The van der Waals surface area contributed by atoms with E-state index in [2.05, 4.69) is 0 Å². The average Bonchev–Trinajstić information content (AvgIpc) is 2.62. The summed E-state index contributed by atoms with van der Waals surface area (Å²) in [5.41, 5.74) is 0. The molecule has 5 nitrogen and oxygen atoms in total. The van der Waals surface area contributed by atoms with Gasteiger partial charge >= 0.3 is 11.9 Å². The zero-order valence-corrected chi connectivity index (χ0v) is 12.0. The molecule has 0 aromatic carbocycles. The normalized spacial score (nSPS) is 35.3. The summed E-state index contributed by atoms with van der Waals surface area (Å²) in [5, 5.41) is 0. The number of ether oxygens (including phenoxy) is 2. The van der Waals surface area contributed by atoms with Crippen LogP contribution in [0.4, 0.5) is 0 Å². The summed E-state index contributed by atoms with van der Waals surface area (Å²) in [4.78, 5) is 33.7. The molecule has 0 aromatic rings. The Morgan fingerprint density at radius 1 is 1.32 bits per heavy atom. The van der Waals surface area contributed by atoms with Crippen molar-refractivity contribution in [2.75, 3.05) is 6.61 Å². The molecule has 4 atom stereocenters. The number of halogens is 2. The monoisotopic (exact) mass is 308 g/mol. The smallest absolute Gasteiger partial charge is 0.302 e. The number of hydrogen-bond acceptors (Lipinski definition) is 5. The van der Waals surface area contributed by atoms with Crippen molar-refractivity contribution >= 4 is 40.9 Å². The van der Waals surface area contributed by atoms with E-state index in [0.717, 1.165) is 0 Å². The van der Waals surface area contributed by atoms with Crippen LogP contribution in [0.3, 0.4) is 0 Å². The number of carbonyl (C=O) groups is 3. The number of rotatable bonds is 3. The zero-order chi connectivity index (χ0) is 14.4. The highest BCUT2D eigenvalue weighted by molar-refractivity contribution is 6.60. The molecule has 0 bridgehead atoms. The molecular formula is C12H14Cl2O5. The maximum atomic E-state index is 11.8. The predicted octanol–water partition coefficient (Wildman–Crippen LogP) is 1.49. The molecule has 106 valence electrons. The minimum atomic E-state index is -1.47. The first-order chi connectivity index (χ1) is 8.75. The van der Waals surface area contributed by atoms with Gasteiger partial charge in [0.1, 0.15) is 6.10 Å². The summed E-state index contributed by atoms with van der Waals surface area (Å²) in [6, 6.07) is 0. The van der Waals surface area contributed by atoms with Gasteiger partial charge in [0.25, 0.3) is 0 Å². The van der Waals surface area contributed by atoms with E-state index in [1.54, 1.807) is 0 Å². The Bertz CT molecular complexity index is 434. The number of fused-ring (bicyclic) bond motifs is 1. The van der Waals surface area contributed by atoms with Crippen molar-refractivity contribution < 1.29 is 23.9 Å². The van der Waals surface area contributed by atoms with Crippen LogP contribution in [0.2, 0.25) is 0 Å². The molecule has 0 aliphatic heterocycles. The summed E-state index contributed by atoms with van der Waals surface area (Å²) in [6.45, 7) is 2.62. The van der Waals surface area contributed by atoms with Gasteiger partial charge in [0, 0.05) is 31.6 Å². The van der Waals surface area contributed by atoms with Crippen molar-refractivity contribution in [1.29, 1.82) is 0 Å². The van der Waals surface area contributed by atoms with Crippen LogP contribution in [-0.2, 0) is 23.9 Å². The Kier molecular flexibility index (Phi) is 3.80. The maximum Gasteiger partial charge on any atom is 0.302 e. The summed E-state index contributed by atoms with van der Waals surface area (Å²) in [6.07, 6.45) is -0.105. The molecule has 0 N–H and O–H groups in total. The van der Waals surface area contributed by atoms with E-state index in [-0.39, 0.29) is 30.1 Å². The average molecular weight is 309 g/mol. The van der Waals surface area contributed by atoms with E-state index in [1.807, 2.05) is 0 Å². The van der Waals surface area contributed by atoms with Gasteiger partial charge in [-0.2, -0.15) is 0 Å². The largest absolute Gasteiger partial charge is 0.465 e. The first-order valence-corrected chi connectivity index (χ1v) is 6.73. The quantitative estimate of drug-likeness (QED) is 0.583. The number of alkyl halides is 2. The Hall–Kier alpha value is -0.810. The molecule has 2 saturated carbocycles. The van der Waals surface area contributed by atoms with E-state index in [0.29, 0.717) is 6.42 Å². The van der Waals surface area contributed by atoms with Crippen molar-refractivity contribution in [2.24, 2.45) is 17.8 Å². The van der Waals surface area contributed by atoms with E-state index in [1.165, 1.54) is 13.8 Å². The van der Waals surface area contributed by atoms with Crippen LogP contribution >= 0.6 is 23.2 Å². The van der Waals surface area contributed by atoms with Gasteiger partial charge in [-0.05, 0) is 6.42 Å². The number of hydrogen-bond donors (Lipinski definition) is 0. The molecule has 19 heavy (non-hydrogen) atoms. The van der Waals surface area contributed by atoms with Gasteiger partial charge < -0.3 is 9.47 Å². The third-order valence-corrected chi connectivity index (χ3v) is 4.62. The molecule has 2 fully saturated rings. The van der Waals surface area contributed by atoms with Crippen LogP contribution in [0.1, 0.15) is 20.3 Å². The zero-order valence-electron chi connectivity index (χ0n) is 10.5. The summed E-state index contributed by atoms with van der Waals surface area (Å²) in [5.74, 6) is -2.13. The van der Waals surface area contributed by atoms with E-state index in [9.17, 15) is 14.4 Å². The predicted molar refractivity (Wildman–Crippen MR) is 66.7 cm³/mol. The molecule has 0 unspecified atom stereocenters. The fourth-order valence-electron chi connectivity index (χ4n) is 2.98. The topological polar surface area (TPSA) is 69.7 Å². The SMILES string of the molecule is CC(=O)OC[C@@H]1[C@@H]2[C@H](C[C@H]1OC(C)=O)C(=O)C2(Cl)Cl. The molecule has 2 rings (SSSR count). The van der Waals surface area contributed by atoms with E-state index in [4.69, 9.17) is 32.7 Å². The second-order valence-electron chi connectivity index (χ2n) is 4.97. The van der Waals surface area contributed by atoms with Crippen LogP contribution in [0.25, 0.3) is 0 Å². The van der Waals surface area contributed by atoms with Crippen molar-refractivity contribution in [3.63, 3.8) is 0 Å². The third kappa shape index (κ3) is 2.46. The highest BCUT2D eigenvalue weighted by Crippen LogP contribution is 2.59. The molecule has 2 aliphatic rings. The van der Waals surface area contributed by atoms with Crippen molar-refractivity contribution in [2.45, 2.75) is 30.7 Å². The number of esters is 2. The summed E-state index contributed by atoms with van der Waals surface area (Å²) >= 11 is 12.0. The van der Waals surface area contributed by atoms with Crippen LogP contribution in [0.15, 0.2) is 0 Å². The molecule has 0 saturated heterocycles. The summed E-state index contributed by atoms with van der Waals surface area (Å²) < 4.78 is 8.67. The van der Waals surface area contributed by atoms with Gasteiger partial charge in [0.05, 0.1) is 6.61 Å². The van der Waals surface area contributed by atoms with Crippen LogP contribution < -0.4 is 0 Å². The lowest BCUT2D eigenvalue weighted by Gasteiger charge is -2.43. The Morgan fingerprint density at radius 3 is 2.47 bits per heavy atom. The molecule has 0 aromatic heterocycles. The van der Waals surface area contributed by atoms with Crippen LogP contribution in [0.5, 0.6) is 0 Å². The minimum absolute atomic E-state index is 0.0446. The van der Waals surface area contributed by atoms with Crippen LogP contribution in [-0.4, -0.2) is 34.8 Å². The van der Waals surface area contributed by atoms with Crippen molar-refractivity contribution in [3.8, 4) is 0 Å². The molecular weight excluding hydrogens is 295 g/mol. The van der Waals surface area contributed by atoms with E-state index >= 15 is 0 Å². The van der Waals surface area contributed by atoms with Gasteiger partial charge in [-0.25, -0.2) is 0 Å². The van der Waals surface area contributed by atoms with Crippen LogP contribution in [0, 0.1) is 17.8 Å². The highest BCUT2D eigenvalue weighted by atomic mass is 35.5. The first-order valence-electron chi connectivity index (χ1n) is 5.98. The molecule has 0 radical (unpaired) electrons. The Balaban J connectivity index is 2.14. The standard InChI is InChI=1S/C12H14Cl2O5/c1-5(15)18-4-8-9(19-6(2)16)3-7-10(8)12(13,14)11(7)17/h7-10H,3-4H2,1-2H3/t7-,8-,9+,10-/m0/s1. The second-order valence-corrected chi connectivity index (χ2v) is 6.36. The fourth-order valence-corrected chi connectivity index (χ4v) is 3.89. The van der Waals surface area contributed by atoms with Gasteiger partial charge in [0.2, 0.25) is 0 Å². The lowest BCUT2D eigenvalue weighted by molar-refractivity contribution is -0.152. The highest BCUT2D eigenvalue weighted by Gasteiger charge is 2.68. The van der Waals surface area contributed by atoms with Gasteiger partial charge in [0.15, 0.2) is 10.1 Å². The molecule has 7 heteroatoms. The number of Topliss-reactive ketones (excluding diaryl/α,β-unsaturated/α-hetero) is 1. The van der Waals surface area contributed by atoms with Crippen molar-refractivity contribution in [3.05, 3.63) is 0 Å². The van der Waals surface area contributed by atoms with E-state index < -0.39 is 22.4 Å². The first kappa shape index (κ1) is 14.6. The third-order valence-electron chi connectivity index (χ3n) is 3.74. The lowest BCUT2D eigenvalue weighted by atomic mass is 9.70. The Morgan fingerprint density at radius 2 is 1.95 bits per heavy atom. The molecule has 0 amide bonds. The molecule has 0 heterocycles. The number of carbonyl (C=O) groups excluding carboxylic acids is 3. The van der Waals surface area contributed by atoms with Gasteiger partial charge in [-0.3, -0.25) is 14.4 Å². The van der Waals surface area contributed by atoms with Gasteiger partial charge in [-0.1, -0.05) is 23.2 Å². The molecule has 0 spiro atoms. The van der Waals surface area contributed by atoms with Gasteiger partial charge in [-0.15, -0.1) is 0 Å². The fraction of sp³-hybridized carbons (Fsp3) is 0.750. The maximum absolute atomic E-state index is 11.8.